The van der Waals surface area contributed by atoms with E-state index in [1.165, 1.54) is 6.42 Å². The number of ether oxygens (including phenoxy) is 1. The van der Waals surface area contributed by atoms with Crippen molar-refractivity contribution in [1.29, 1.82) is 0 Å². The van der Waals surface area contributed by atoms with Gasteiger partial charge in [0.1, 0.15) is 0 Å². The number of nitrogens with one attached hydrogen (secondary N) is 2. The van der Waals surface area contributed by atoms with Crippen LogP contribution in [0.1, 0.15) is 20.3 Å². The lowest BCUT2D eigenvalue weighted by Crippen LogP contribution is -2.38. The lowest BCUT2D eigenvalue weighted by atomic mass is 10.0. The second-order valence-electron chi connectivity index (χ2n) is 3.99. The summed E-state index contributed by atoms with van der Waals surface area (Å²) in [5, 5.41) is 6.67. The largest absolute Gasteiger partial charge is 0.378 e. The average Bonchev–Trinajstić information content (AvgIpc) is 2.48. The van der Waals surface area contributed by atoms with Crippen LogP contribution in [0, 0.1) is 5.92 Å². The summed E-state index contributed by atoms with van der Waals surface area (Å²) in [5.74, 6) is 0.708. The zero-order valence-electron chi connectivity index (χ0n) is 8.97. The predicted molar refractivity (Wildman–Crippen MR) is 54.9 cm³/mol. The van der Waals surface area contributed by atoms with Crippen molar-refractivity contribution in [3.05, 3.63) is 0 Å². The molecule has 0 aliphatic carbocycles. The van der Waals surface area contributed by atoms with Crippen molar-refractivity contribution in [3.63, 3.8) is 0 Å². The van der Waals surface area contributed by atoms with E-state index in [0.717, 1.165) is 19.7 Å². The maximum Gasteiger partial charge on any atom is 0.0588 e. The summed E-state index contributed by atoms with van der Waals surface area (Å²) in [6.45, 7) is 7.43. The van der Waals surface area contributed by atoms with Crippen molar-refractivity contribution >= 4 is 0 Å². The Bertz CT molecular complexity index is 141. The molecule has 1 fully saturated rings. The quantitative estimate of drug-likeness (QED) is 0.660. The van der Waals surface area contributed by atoms with Crippen LogP contribution in [0.25, 0.3) is 0 Å². The Hall–Kier alpha value is -0.120. The average molecular weight is 186 g/mol. The molecule has 0 spiro atoms. The number of hydrogen-bond acceptors (Lipinski definition) is 3. The Kier molecular flexibility index (Phi) is 4.70. The van der Waals surface area contributed by atoms with Gasteiger partial charge in [-0.25, -0.2) is 0 Å². The van der Waals surface area contributed by atoms with E-state index in [-0.39, 0.29) is 0 Å². The third-order valence-corrected chi connectivity index (χ3v) is 2.77. The van der Waals surface area contributed by atoms with Crippen LogP contribution in [0.3, 0.4) is 0 Å². The topological polar surface area (TPSA) is 33.3 Å². The Balaban J connectivity index is 2.10. The van der Waals surface area contributed by atoms with Crippen LogP contribution in [0.2, 0.25) is 0 Å². The molecule has 1 heterocycles. The van der Waals surface area contributed by atoms with Gasteiger partial charge in [0, 0.05) is 25.7 Å². The minimum atomic E-state index is 0.439. The molecular formula is C10H22N2O. The van der Waals surface area contributed by atoms with Gasteiger partial charge in [0.05, 0.1) is 6.10 Å². The van der Waals surface area contributed by atoms with Crippen molar-refractivity contribution in [2.24, 2.45) is 5.92 Å². The highest BCUT2D eigenvalue weighted by atomic mass is 16.5. The fourth-order valence-electron chi connectivity index (χ4n) is 1.78. The highest BCUT2D eigenvalue weighted by molar-refractivity contribution is 4.76. The van der Waals surface area contributed by atoms with Crippen LogP contribution in [0.5, 0.6) is 0 Å². The molecule has 3 unspecified atom stereocenters. The zero-order valence-corrected chi connectivity index (χ0v) is 8.97. The van der Waals surface area contributed by atoms with E-state index in [9.17, 15) is 0 Å². The van der Waals surface area contributed by atoms with E-state index in [1.807, 2.05) is 7.05 Å². The molecule has 1 saturated heterocycles. The predicted octanol–water partition coefficient (Wildman–Crippen LogP) is 0.609. The molecule has 0 aromatic rings. The fourth-order valence-corrected chi connectivity index (χ4v) is 1.78. The number of likely N-dealkylation sites (N-methyl/N-ethyl adjacent to an activating group) is 1. The van der Waals surface area contributed by atoms with E-state index in [1.54, 1.807) is 0 Å². The zero-order chi connectivity index (χ0) is 9.68. The van der Waals surface area contributed by atoms with Crippen molar-refractivity contribution in [3.8, 4) is 0 Å². The summed E-state index contributed by atoms with van der Waals surface area (Å²) < 4.78 is 5.50. The third kappa shape index (κ3) is 3.63. The van der Waals surface area contributed by atoms with E-state index >= 15 is 0 Å². The minimum Gasteiger partial charge on any atom is -0.378 e. The van der Waals surface area contributed by atoms with Gasteiger partial charge < -0.3 is 15.4 Å². The maximum absolute atomic E-state index is 5.50. The molecule has 3 nitrogen and oxygen atoms in total. The van der Waals surface area contributed by atoms with Gasteiger partial charge in [-0.05, 0) is 33.2 Å². The van der Waals surface area contributed by atoms with Gasteiger partial charge in [-0.3, -0.25) is 0 Å². The minimum absolute atomic E-state index is 0.439. The first-order valence-corrected chi connectivity index (χ1v) is 5.23. The summed E-state index contributed by atoms with van der Waals surface area (Å²) >= 11 is 0. The van der Waals surface area contributed by atoms with E-state index in [2.05, 4.69) is 24.5 Å². The fraction of sp³-hybridized carbons (Fsp3) is 1.00. The van der Waals surface area contributed by atoms with Crippen molar-refractivity contribution in [2.75, 3.05) is 26.7 Å². The monoisotopic (exact) mass is 186 g/mol. The molecule has 0 aromatic heterocycles. The molecule has 0 amide bonds. The Labute approximate surface area is 81.2 Å². The lowest BCUT2D eigenvalue weighted by molar-refractivity contribution is 0.105. The van der Waals surface area contributed by atoms with Crippen LogP contribution in [-0.4, -0.2) is 38.9 Å². The summed E-state index contributed by atoms with van der Waals surface area (Å²) in [5.41, 5.74) is 0. The Morgan fingerprint density at radius 2 is 2.31 bits per heavy atom. The van der Waals surface area contributed by atoms with Crippen molar-refractivity contribution in [1.82, 2.24) is 10.6 Å². The van der Waals surface area contributed by atoms with Crippen LogP contribution in [-0.2, 0) is 4.74 Å². The van der Waals surface area contributed by atoms with Crippen molar-refractivity contribution in [2.45, 2.75) is 32.4 Å². The molecule has 13 heavy (non-hydrogen) atoms. The van der Waals surface area contributed by atoms with Gasteiger partial charge in [-0.2, -0.15) is 0 Å². The molecule has 2 N–H and O–H groups in total. The molecule has 0 bridgehead atoms. The van der Waals surface area contributed by atoms with Gasteiger partial charge in [-0.15, -0.1) is 0 Å². The van der Waals surface area contributed by atoms with Gasteiger partial charge in [-0.1, -0.05) is 0 Å². The summed E-state index contributed by atoms with van der Waals surface area (Å²) in [6.07, 6.45) is 1.65. The van der Waals surface area contributed by atoms with Gasteiger partial charge in [0.25, 0.3) is 0 Å². The molecule has 0 radical (unpaired) electrons. The smallest absolute Gasteiger partial charge is 0.0588 e. The van der Waals surface area contributed by atoms with E-state index < -0.39 is 0 Å². The highest BCUT2D eigenvalue weighted by Gasteiger charge is 2.23. The highest BCUT2D eigenvalue weighted by Crippen LogP contribution is 2.19. The second-order valence-corrected chi connectivity index (χ2v) is 3.99. The molecule has 0 aromatic carbocycles. The van der Waals surface area contributed by atoms with Gasteiger partial charge in [0.15, 0.2) is 0 Å². The van der Waals surface area contributed by atoms with Crippen molar-refractivity contribution < 1.29 is 4.74 Å². The van der Waals surface area contributed by atoms with Crippen LogP contribution in [0.15, 0.2) is 0 Å². The Morgan fingerprint density at radius 1 is 1.54 bits per heavy atom. The second kappa shape index (κ2) is 5.58. The molecule has 1 aliphatic rings. The van der Waals surface area contributed by atoms with Crippen LogP contribution in [0.4, 0.5) is 0 Å². The molecule has 1 aliphatic heterocycles. The third-order valence-electron chi connectivity index (χ3n) is 2.77. The summed E-state index contributed by atoms with van der Waals surface area (Å²) in [6, 6.07) is 0.554. The maximum atomic E-state index is 5.50. The summed E-state index contributed by atoms with van der Waals surface area (Å²) in [7, 11) is 1.99. The first-order valence-electron chi connectivity index (χ1n) is 5.23. The lowest BCUT2D eigenvalue weighted by Gasteiger charge is -2.18. The van der Waals surface area contributed by atoms with E-state index in [4.69, 9.17) is 4.74 Å². The molecule has 3 atom stereocenters. The Morgan fingerprint density at radius 3 is 2.85 bits per heavy atom. The van der Waals surface area contributed by atoms with Gasteiger partial charge >= 0.3 is 0 Å². The SMILES string of the molecule is CNCC(C)NCC1CCOC1C. The first-order chi connectivity index (χ1) is 6.24. The number of hydrogen-bond donors (Lipinski definition) is 2. The number of rotatable bonds is 5. The van der Waals surface area contributed by atoms with Crippen LogP contribution < -0.4 is 10.6 Å². The van der Waals surface area contributed by atoms with Crippen LogP contribution >= 0.6 is 0 Å². The first kappa shape index (κ1) is 11.0. The molecular weight excluding hydrogens is 164 g/mol. The summed E-state index contributed by atoms with van der Waals surface area (Å²) in [4.78, 5) is 0. The molecule has 78 valence electrons. The van der Waals surface area contributed by atoms with Gasteiger partial charge in [0.2, 0.25) is 0 Å². The van der Waals surface area contributed by atoms with E-state index in [0.29, 0.717) is 18.1 Å². The standard InChI is InChI=1S/C10H22N2O/c1-8(6-11-3)12-7-10-4-5-13-9(10)2/h8-12H,4-7H2,1-3H3. The molecule has 0 saturated carbocycles. The normalized spacial score (nSPS) is 30.7. The molecule has 1 rings (SSSR count). The molecule has 3 heteroatoms.